The Hall–Kier alpha value is -3.17. The molecule has 0 saturated carbocycles. The Bertz CT molecular complexity index is 998. The number of carbonyl (C=O) groups is 1. The molecule has 0 spiro atoms. The molecular formula is C18H12ClFN4O. The second kappa shape index (κ2) is 6.75. The maximum atomic E-state index is 13.1. The van der Waals surface area contributed by atoms with Gasteiger partial charge in [-0.25, -0.2) is 9.37 Å². The number of carbonyl (C=O) groups excluding carboxylic acids is 1. The Labute approximate surface area is 147 Å². The van der Waals surface area contributed by atoms with E-state index in [1.54, 1.807) is 18.2 Å². The lowest BCUT2D eigenvalue weighted by atomic mass is 10.1. The number of nitrogens with two attached hydrogens (primary N) is 1. The Morgan fingerprint density at radius 3 is 2.60 bits per heavy atom. The summed E-state index contributed by atoms with van der Waals surface area (Å²) in [5.74, 6) is -0.762. The van der Waals surface area contributed by atoms with Crippen molar-refractivity contribution in [3.63, 3.8) is 0 Å². The molecule has 3 aromatic rings. The molecule has 7 heteroatoms. The number of nitrogens with one attached hydrogen (secondary N) is 1. The fraction of sp³-hybridized carbons (Fsp3) is 0.0556. The maximum Gasteiger partial charge on any atom is 0.244 e. The number of primary amides is 1. The summed E-state index contributed by atoms with van der Waals surface area (Å²) in [7, 11) is 0. The average molecular weight is 355 g/mol. The monoisotopic (exact) mass is 354 g/mol. The predicted octanol–water partition coefficient (Wildman–Crippen LogP) is 3.54. The first-order chi connectivity index (χ1) is 12.0. The third-order valence-electron chi connectivity index (χ3n) is 3.67. The van der Waals surface area contributed by atoms with Gasteiger partial charge in [-0.05, 0) is 42.0 Å². The van der Waals surface area contributed by atoms with Crippen LogP contribution in [0.2, 0.25) is 5.02 Å². The van der Waals surface area contributed by atoms with E-state index in [9.17, 15) is 14.4 Å². The van der Waals surface area contributed by atoms with E-state index in [0.29, 0.717) is 32.9 Å². The summed E-state index contributed by atoms with van der Waals surface area (Å²) in [4.78, 5) is 16.2. The Morgan fingerprint density at radius 1 is 1.24 bits per heavy atom. The average Bonchev–Trinajstić information content (AvgIpc) is 2.60. The second-order valence-electron chi connectivity index (χ2n) is 5.36. The molecule has 25 heavy (non-hydrogen) atoms. The normalized spacial score (nSPS) is 11.7. The minimum Gasteiger partial charge on any atom is -0.368 e. The highest BCUT2D eigenvalue weighted by Crippen LogP contribution is 2.26. The number of benzene rings is 2. The Morgan fingerprint density at radius 2 is 1.96 bits per heavy atom. The lowest BCUT2D eigenvalue weighted by Crippen LogP contribution is -2.28. The van der Waals surface area contributed by atoms with E-state index in [0.717, 1.165) is 0 Å². The van der Waals surface area contributed by atoms with E-state index < -0.39 is 17.8 Å². The van der Waals surface area contributed by atoms with Gasteiger partial charge in [-0.1, -0.05) is 23.7 Å². The predicted molar refractivity (Wildman–Crippen MR) is 93.4 cm³/mol. The van der Waals surface area contributed by atoms with E-state index >= 15 is 0 Å². The molecule has 0 aliphatic carbocycles. The summed E-state index contributed by atoms with van der Waals surface area (Å²) in [5, 5.41) is 13.4. The van der Waals surface area contributed by atoms with E-state index in [4.69, 9.17) is 17.3 Å². The van der Waals surface area contributed by atoms with Crippen LogP contribution < -0.4 is 11.1 Å². The van der Waals surface area contributed by atoms with Crippen molar-refractivity contribution < 1.29 is 9.18 Å². The van der Waals surface area contributed by atoms with E-state index in [1.165, 1.54) is 30.3 Å². The fourth-order valence-corrected chi connectivity index (χ4v) is 2.66. The Kier molecular flexibility index (Phi) is 4.50. The van der Waals surface area contributed by atoms with Gasteiger partial charge >= 0.3 is 0 Å². The number of nitriles is 1. The van der Waals surface area contributed by atoms with Crippen LogP contribution in [-0.2, 0) is 4.79 Å². The van der Waals surface area contributed by atoms with Crippen molar-refractivity contribution in [2.24, 2.45) is 5.73 Å². The third kappa shape index (κ3) is 3.52. The summed E-state index contributed by atoms with van der Waals surface area (Å²) in [6.45, 7) is 0. The van der Waals surface area contributed by atoms with Gasteiger partial charge in [0.25, 0.3) is 0 Å². The lowest BCUT2D eigenvalue weighted by molar-refractivity contribution is -0.118. The van der Waals surface area contributed by atoms with Gasteiger partial charge in [-0.2, -0.15) is 5.26 Å². The van der Waals surface area contributed by atoms with Crippen molar-refractivity contribution in [2.75, 3.05) is 5.32 Å². The van der Waals surface area contributed by atoms with Gasteiger partial charge in [-0.3, -0.25) is 4.79 Å². The van der Waals surface area contributed by atoms with Crippen molar-refractivity contribution >= 4 is 34.2 Å². The molecule has 1 atom stereocenters. The van der Waals surface area contributed by atoms with Gasteiger partial charge in [-0.15, -0.1) is 0 Å². The standard InChI is InChI=1S/C18H12ClFN4O/c19-12-3-6-15-14(8-12)11(9-21)7-16(23-15)24-17(18(22)25)10-1-4-13(20)5-2-10/h1-8,17H,(H2,22,25)(H,23,24). The van der Waals surface area contributed by atoms with Crippen molar-refractivity contribution in [3.05, 3.63) is 70.5 Å². The number of aromatic nitrogens is 1. The van der Waals surface area contributed by atoms with Crippen LogP contribution in [0.3, 0.4) is 0 Å². The quantitative estimate of drug-likeness (QED) is 0.749. The summed E-state index contributed by atoms with van der Waals surface area (Å²) >= 11 is 5.96. The summed E-state index contributed by atoms with van der Waals surface area (Å²) in [6.07, 6.45) is 0. The first kappa shape index (κ1) is 16.7. The van der Waals surface area contributed by atoms with Crippen LogP contribution in [0.1, 0.15) is 17.2 Å². The largest absolute Gasteiger partial charge is 0.368 e. The molecule has 3 N–H and O–H groups in total. The number of nitrogens with zero attached hydrogens (tertiary/aromatic N) is 2. The molecule has 0 radical (unpaired) electrons. The number of anilines is 1. The van der Waals surface area contributed by atoms with Crippen molar-refractivity contribution in [1.29, 1.82) is 5.26 Å². The van der Waals surface area contributed by atoms with Crippen LogP contribution in [-0.4, -0.2) is 10.9 Å². The molecule has 3 rings (SSSR count). The van der Waals surface area contributed by atoms with Gasteiger partial charge in [0, 0.05) is 10.4 Å². The van der Waals surface area contributed by atoms with Crippen LogP contribution in [0.5, 0.6) is 0 Å². The molecule has 1 unspecified atom stereocenters. The van der Waals surface area contributed by atoms with Gasteiger partial charge in [0.1, 0.15) is 17.7 Å². The number of halogens is 2. The van der Waals surface area contributed by atoms with Gasteiger partial charge in [0.15, 0.2) is 0 Å². The summed E-state index contributed by atoms with van der Waals surface area (Å²) in [6, 6.07) is 13.1. The number of amides is 1. The minimum absolute atomic E-state index is 0.305. The van der Waals surface area contributed by atoms with Crippen LogP contribution in [0.4, 0.5) is 10.2 Å². The van der Waals surface area contributed by atoms with Crippen LogP contribution in [0, 0.1) is 17.1 Å². The summed E-state index contributed by atoms with van der Waals surface area (Å²) < 4.78 is 13.1. The molecule has 0 fully saturated rings. The topological polar surface area (TPSA) is 91.8 Å². The van der Waals surface area contributed by atoms with Gasteiger partial charge in [0.05, 0.1) is 17.1 Å². The highest BCUT2D eigenvalue weighted by atomic mass is 35.5. The smallest absolute Gasteiger partial charge is 0.244 e. The van der Waals surface area contributed by atoms with Crippen LogP contribution in [0.25, 0.3) is 10.9 Å². The fourth-order valence-electron chi connectivity index (χ4n) is 2.49. The molecule has 5 nitrogen and oxygen atoms in total. The zero-order valence-corrected chi connectivity index (χ0v) is 13.6. The highest BCUT2D eigenvalue weighted by molar-refractivity contribution is 6.31. The number of hydrogen-bond acceptors (Lipinski definition) is 4. The molecule has 0 aliphatic heterocycles. The number of hydrogen-bond donors (Lipinski definition) is 2. The molecule has 2 aromatic carbocycles. The molecule has 1 aromatic heterocycles. The molecule has 0 aliphatic rings. The zero-order chi connectivity index (χ0) is 18.0. The van der Waals surface area contributed by atoms with E-state index in [2.05, 4.69) is 16.4 Å². The van der Waals surface area contributed by atoms with Gasteiger partial charge in [0.2, 0.25) is 5.91 Å². The van der Waals surface area contributed by atoms with Gasteiger partial charge < -0.3 is 11.1 Å². The van der Waals surface area contributed by atoms with Crippen LogP contribution >= 0.6 is 11.6 Å². The van der Waals surface area contributed by atoms with E-state index in [-0.39, 0.29) is 0 Å². The number of fused-ring (bicyclic) bond motifs is 1. The van der Waals surface area contributed by atoms with Crippen molar-refractivity contribution in [1.82, 2.24) is 4.98 Å². The highest BCUT2D eigenvalue weighted by Gasteiger charge is 2.19. The van der Waals surface area contributed by atoms with Crippen molar-refractivity contribution in [2.45, 2.75) is 6.04 Å². The van der Waals surface area contributed by atoms with Crippen molar-refractivity contribution in [3.8, 4) is 6.07 Å². The third-order valence-corrected chi connectivity index (χ3v) is 3.91. The maximum absolute atomic E-state index is 13.1. The zero-order valence-electron chi connectivity index (χ0n) is 12.8. The molecule has 124 valence electrons. The second-order valence-corrected chi connectivity index (χ2v) is 5.80. The first-order valence-electron chi connectivity index (χ1n) is 7.29. The molecule has 0 bridgehead atoms. The number of pyridine rings is 1. The lowest BCUT2D eigenvalue weighted by Gasteiger charge is -2.17. The van der Waals surface area contributed by atoms with E-state index in [1.807, 2.05) is 0 Å². The minimum atomic E-state index is -0.913. The first-order valence-corrected chi connectivity index (χ1v) is 7.67. The molecule has 0 saturated heterocycles. The molecule has 1 amide bonds. The Balaban J connectivity index is 2.03. The van der Waals surface area contributed by atoms with Crippen LogP contribution in [0.15, 0.2) is 48.5 Å². The molecular weight excluding hydrogens is 343 g/mol. The summed E-state index contributed by atoms with van der Waals surface area (Å²) in [5.41, 5.74) is 6.85. The SMILES string of the molecule is N#Cc1cc(NC(C(N)=O)c2ccc(F)cc2)nc2ccc(Cl)cc12. The number of rotatable bonds is 4. The molecule has 1 heterocycles.